The van der Waals surface area contributed by atoms with E-state index in [0.29, 0.717) is 6.54 Å². The molecular formula is C11H15ClN2O4S. The van der Waals surface area contributed by atoms with Crippen LogP contribution in [-0.2, 0) is 16.0 Å². The second kappa shape index (κ2) is 8.73. The van der Waals surface area contributed by atoms with Gasteiger partial charge in [0.25, 0.3) is 0 Å². The van der Waals surface area contributed by atoms with Gasteiger partial charge in [-0.05, 0) is 18.6 Å². The highest BCUT2D eigenvalue weighted by Crippen LogP contribution is 2.21. The molecule has 0 radical (unpaired) electrons. The summed E-state index contributed by atoms with van der Waals surface area (Å²) in [5.74, 6) is -1.03. The molecule has 0 aromatic carbocycles. The summed E-state index contributed by atoms with van der Waals surface area (Å²) in [5, 5.41) is 13.6. The molecule has 1 aromatic rings. The van der Waals surface area contributed by atoms with E-state index < -0.39 is 5.97 Å². The Labute approximate surface area is 119 Å². The number of halogens is 1. The highest BCUT2D eigenvalue weighted by Gasteiger charge is 2.02. The number of nitrogens with one attached hydrogen (secondary N) is 2. The zero-order chi connectivity index (χ0) is 14.1. The van der Waals surface area contributed by atoms with Gasteiger partial charge in [0.1, 0.15) is 6.61 Å². The number of hydrogen-bond donors (Lipinski definition) is 3. The van der Waals surface area contributed by atoms with Gasteiger partial charge in [0.05, 0.1) is 10.9 Å². The summed E-state index contributed by atoms with van der Waals surface area (Å²) in [6, 6.07) is 3.44. The Hall–Kier alpha value is -1.31. The fourth-order valence-electron chi connectivity index (χ4n) is 1.24. The van der Waals surface area contributed by atoms with Crippen molar-refractivity contribution in [2.75, 3.05) is 26.3 Å². The average Bonchev–Trinajstić information content (AvgIpc) is 2.74. The summed E-state index contributed by atoms with van der Waals surface area (Å²) < 4.78 is 5.50. The SMILES string of the molecule is O=C(O)COCCNC(=O)NCCc1ccc(Cl)s1. The number of carbonyl (C=O) groups excluding carboxylic acids is 1. The fraction of sp³-hybridized carbons (Fsp3) is 0.455. The molecule has 0 unspecified atom stereocenters. The van der Waals surface area contributed by atoms with E-state index in [1.807, 2.05) is 12.1 Å². The largest absolute Gasteiger partial charge is 0.480 e. The van der Waals surface area contributed by atoms with Crippen molar-refractivity contribution in [1.82, 2.24) is 10.6 Å². The minimum atomic E-state index is -1.03. The first-order chi connectivity index (χ1) is 9.08. The fourth-order valence-corrected chi connectivity index (χ4v) is 2.33. The second-order valence-corrected chi connectivity index (χ2v) is 5.38. The molecule has 0 atom stereocenters. The summed E-state index contributed by atoms with van der Waals surface area (Å²) >= 11 is 7.27. The Kier molecular flexibility index (Phi) is 7.24. The van der Waals surface area contributed by atoms with Crippen molar-refractivity contribution in [2.24, 2.45) is 0 Å². The Morgan fingerprint density at radius 2 is 2.05 bits per heavy atom. The number of amides is 2. The van der Waals surface area contributed by atoms with Gasteiger partial charge in [-0.3, -0.25) is 0 Å². The molecule has 0 saturated heterocycles. The smallest absolute Gasteiger partial charge is 0.329 e. The number of hydrogen-bond acceptors (Lipinski definition) is 4. The maximum Gasteiger partial charge on any atom is 0.329 e. The van der Waals surface area contributed by atoms with Crippen molar-refractivity contribution < 1.29 is 19.4 Å². The molecule has 106 valence electrons. The maximum atomic E-state index is 11.3. The van der Waals surface area contributed by atoms with Crippen molar-refractivity contribution in [3.8, 4) is 0 Å². The van der Waals surface area contributed by atoms with Gasteiger partial charge in [0, 0.05) is 18.0 Å². The predicted molar refractivity (Wildman–Crippen MR) is 72.9 cm³/mol. The minimum absolute atomic E-state index is 0.167. The molecule has 19 heavy (non-hydrogen) atoms. The summed E-state index contributed by atoms with van der Waals surface area (Å²) in [7, 11) is 0. The van der Waals surface area contributed by atoms with E-state index in [1.54, 1.807) is 0 Å². The quantitative estimate of drug-likeness (QED) is 0.633. The van der Waals surface area contributed by atoms with Crippen molar-refractivity contribution in [2.45, 2.75) is 6.42 Å². The lowest BCUT2D eigenvalue weighted by Gasteiger charge is -2.06. The van der Waals surface area contributed by atoms with Crippen molar-refractivity contribution in [1.29, 1.82) is 0 Å². The van der Waals surface area contributed by atoms with E-state index in [1.165, 1.54) is 11.3 Å². The van der Waals surface area contributed by atoms with Gasteiger partial charge in [0.15, 0.2) is 0 Å². The van der Waals surface area contributed by atoms with Gasteiger partial charge in [-0.1, -0.05) is 11.6 Å². The van der Waals surface area contributed by atoms with Crippen molar-refractivity contribution in [3.63, 3.8) is 0 Å². The third kappa shape index (κ3) is 7.66. The van der Waals surface area contributed by atoms with E-state index in [2.05, 4.69) is 10.6 Å². The van der Waals surface area contributed by atoms with Gasteiger partial charge in [-0.25, -0.2) is 9.59 Å². The molecule has 0 saturated carbocycles. The molecule has 0 aliphatic rings. The Bertz CT molecular complexity index is 425. The molecule has 0 aliphatic heterocycles. The van der Waals surface area contributed by atoms with Crippen molar-refractivity contribution >= 4 is 34.9 Å². The van der Waals surface area contributed by atoms with Gasteiger partial charge >= 0.3 is 12.0 Å². The zero-order valence-electron chi connectivity index (χ0n) is 10.1. The molecule has 0 aliphatic carbocycles. The number of ether oxygens (including phenoxy) is 1. The van der Waals surface area contributed by atoms with Gasteiger partial charge in [-0.2, -0.15) is 0 Å². The third-order valence-corrected chi connectivity index (χ3v) is 3.33. The number of urea groups is 1. The number of aliphatic carboxylic acids is 1. The molecule has 0 fully saturated rings. The van der Waals surface area contributed by atoms with Crippen LogP contribution in [0.5, 0.6) is 0 Å². The van der Waals surface area contributed by atoms with E-state index in [4.69, 9.17) is 21.4 Å². The van der Waals surface area contributed by atoms with Crippen LogP contribution in [0, 0.1) is 0 Å². The van der Waals surface area contributed by atoms with Crippen LogP contribution >= 0.6 is 22.9 Å². The van der Waals surface area contributed by atoms with E-state index in [0.717, 1.165) is 15.6 Å². The summed E-state index contributed by atoms with van der Waals surface area (Å²) in [6.45, 7) is 0.589. The number of carboxylic acid groups (broad SMARTS) is 1. The van der Waals surface area contributed by atoms with Crippen LogP contribution in [0.3, 0.4) is 0 Å². The summed E-state index contributed by atoms with van der Waals surface area (Å²) in [6.07, 6.45) is 0.723. The highest BCUT2D eigenvalue weighted by atomic mass is 35.5. The van der Waals surface area contributed by atoms with Crippen LogP contribution in [0.2, 0.25) is 4.34 Å². The first-order valence-electron chi connectivity index (χ1n) is 5.63. The second-order valence-electron chi connectivity index (χ2n) is 3.58. The lowest BCUT2D eigenvalue weighted by molar-refractivity contribution is -0.142. The van der Waals surface area contributed by atoms with Crippen LogP contribution in [0.1, 0.15) is 4.88 Å². The molecule has 0 bridgehead atoms. The van der Waals surface area contributed by atoms with E-state index in [-0.39, 0.29) is 25.8 Å². The predicted octanol–water partition coefficient (Wildman–Crippen LogP) is 1.34. The lowest BCUT2D eigenvalue weighted by Crippen LogP contribution is -2.38. The molecule has 8 heteroatoms. The van der Waals surface area contributed by atoms with Crippen LogP contribution in [0.4, 0.5) is 4.79 Å². The van der Waals surface area contributed by atoms with Gasteiger partial charge in [-0.15, -0.1) is 11.3 Å². The Morgan fingerprint density at radius 3 is 2.68 bits per heavy atom. The minimum Gasteiger partial charge on any atom is -0.480 e. The summed E-state index contributed by atoms with van der Waals surface area (Å²) in [5.41, 5.74) is 0. The highest BCUT2D eigenvalue weighted by molar-refractivity contribution is 7.16. The molecule has 1 aromatic heterocycles. The first-order valence-corrected chi connectivity index (χ1v) is 6.83. The summed E-state index contributed by atoms with van der Waals surface area (Å²) in [4.78, 5) is 22.6. The molecule has 3 N–H and O–H groups in total. The van der Waals surface area contributed by atoms with Crippen LogP contribution < -0.4 is 10.6 Å². The molecule has 0 spiro atoms. The average molecular weight is 307 g/mol. The van der Waals surface area contributed by atoms with E-state index >= 15 is 0 Å². The Morgan fingerprint density at radius 1 is 1.32 bits per heavy atom. The molecule has 1 rings (SSSR count). The number of thiophene rings is 1. The van der Waals surface area contributed by atoms with Crippen LogP contribution in [0.25, 0.3) is 0 Å². The zero-order valence-corrected chi connectivity index (χ0v) is 11.7. The monoisotopic (exact) mass is 306 g/mol. The van der Waals surface area contributed by atoms with Crippen LogP contribution in [0.15, 0.2) is 12.1 Å². The molecule has 1 heterocycles. The Balaban J connectivity index is 2.00. The first kappa shape index (κ1) is 15.7. The number of carboxylic acids is 1. The topological polar surface area (TPSA) is 87.7 Å². The molecule has 2 amide bonds. The van der Waals surface area contributed by atoms with Crippen LogP contribution in [-0.4, -0.2) is 43.4 Å². The normalized spacial score (nSPS) is 10.2. The van der Waals surface area contributed by atoms with E-state index in [9.17, 15) is 9.59 Å². The molecule has 6 nitrogen and oxygen atoms in total. The number of carbonyl (C=O) groups is 2. The van der Waals surface area contributed by atoms with Gasteiger partial charge in [0.2, 0.25) is 0 Å². The maximum absolute atomic E-state index is 11.3. The standard InChI is InChI=1S/C11H15ClN2O4S/c12-9-2-1-8(19-9)3-4-13-11(17)14-5-6-18-7-10(15)16/h1-2H,3-7H2,(H,15,16)(H2,13,14,17). The van der Waals surface area contributed by atoms with Crippen molar-refractivity contribution in [3.05, 3.63) is 21.3 Å². The lowest BCUT2D eigenvalue weighted by atomic mass is 10.3. The third-order valence-electron chi connectivity index (χ3n) is 2.04. The molecular weight excluding hydrogens is 292 g/mol. The number of rotatable bonds is 8. The van der Waals surface area contributed by atoms with Gasteiger partial charge < -0.3 is 20.5 Å².